The van der Waals surface area contributed by atoms with Gasteiger partial charge in [-0.3, -0.25) is 0 Å². The van der Waals surface area contributed by atoms with E-state index in [0.29, 0.717) is 24.5 Å². The Labute approximate surface area is 239 Å². The van der Waals surface area contributed by atoms with Gasteiger partial charge in [0.2, 0.25) is 5.75 Å². The smallest absolute Gasteiger partial charge is 0.429 e. The monoisotopic (exact) mass is 608 g/mol. The lowest BCUT2D eigenvalue weighted by Gasteiger charge is -2.28. The van der Waals surface area contributed by atoms with Crippen molar-refractivity contribution in [3.63, 3.8) is 0 Å². The van der Waals surface area contributed by atoms with Gasteiger partial charge in [0.15, 0.2) is 11.6 Å². The normalized spacial score (nSPS) is 17.5. The Hall–Kier alpha value is -3.11. The number of hydrogen-bond donors (Lipinski definition) is 0. The van der Waals surface area contributed by atoms with E-state index in [1.807, 2.05) is 0 Å². The van der Waals surface area contributed by atoms with Crippen molar-refractivity contribution in [2.45, 2.75) is 83.7 Å². The number of benzene rings is 2. The number of hydrogen-bond acceptors (Lipinski definition) is 2. The molecule has 2 aromatic carbocycles. The summed E-state index contributed by atoms with van der Waals surface area (Å²) in [6, 6.07) is -1.14. The van der Waals surface area contributed by atoms with Gasteiger partial charge in [-0.2, -0.15) is 22.0 Å². The Kier molecular flexibility index (Phi) is 12.2. The van der Waals surface area contributed by atoms with Crippen molar-refractivity contribution in [1.29, 1.82) is 0 Å². The zero-order valence-electron chi connectivity index (χ0n) is 23.1. The van der Waals surface area contributed by atoms with Gasteiger partial charge in [0.1, 0.15) is 22.9 Å². The molecule has 1 saturated carbocycles. The molecule has 0 atom stereocenters. The van der Waals surface area contributed by atoms with E-state index in [0.717, 1.165) is 25.2 Å². The van der Waals surface area contributed by atoms with Gasteiger partial charge in [0.25, 0.3) is 0 Å². The third kappa shape index (κ3) is 9.46. The van der Waals surface area contributed by atoms with Crippen LogP contribution in [0.4, 0.5) is 39.5 Å². The summed E-state index contributed by atoms with van der Waals surface area (Å²) in [6.07, 6.45) is 8.02. The van der Waals surface area contributed by atoms with Gasteiger partial charge in [-0.1, -0.05) is 76.9 Å². The molecule has 1 aliphatic rings. The topological polar surface area (TPSA) is 18.5 Å². The van der Waals surface area contributed by atoms with E-state index in [1.165, 1.54) is 51.0 Å². The molecule has 2 nitrogen and oxygen atoms in total. The van der Waals surface area contributed by atoms with E-state index >= 15 is 0 Å². The SMILES string of the molecule is CCCCCCC1CCC(CCC=Cc2cc(F)c(C(F)(F)Oc3cc(F)c(OC(F)=C(F)F)c(F)c3)c(F)c2)CC1. The van der Waals surface area contributed by atoms with Crippen LogP contribution in [0, 0.1) is 35.1 Å². The maximum Gasteiger partial charge on any atom is 0.432 e. The van der Waals surface area contributed by atoms with E-state index < -0.39 is 58.5 Å². The first-order chi connectivity index (χ1) is 19.9. The highest BCUT2D eigenvalue weighted by atomic mass is 19.3. The maximum absolute atomic E-state index is 14.7. The van der Waals surface area contributed by atoms with Crippen molar-refractivity contribution in [3.05, 3.63) is 76.8 Å². The highest BCUT2D eigenvalue weighted by Gasteiger charge is 2.41. The fourth-order valence-corrected chi connectivity index (χ4v) is 5.21. The summed E-state index contributed by atoms with van der Waals surface area (Å²) in [5, 5.41) is 0. The van der Waals surface area contributed by atoms with Gasteiger partial charge in [0.05, 0.1) is 0 Å². The summed E-state index contributed by atoms with van der Waals surface area (Å²) >= 11 is 0. The number of alkyl halides is 2. The van der Waals surface area contributed by atoms with E-state index in [9.17, 15) is 39.5 Å². The lowest BCUT2D eigenvalue weighted by atomic mass is 9.78. The molecular formula is C31H33F9O2. The third-order valence-electron chi connectivity index (χ3n) is 7.40. The fourth-order valence-electron chi connectivity index (χ4n) is 5.21. The molecule has 0 aliphatic heterocycles. The van der Waals surface area contributed by atoms with Crippen molar-refractivity contribution in [1.82, 2.24) is 0 Å². The Morgan fingerprint density at radius 3 is 1.93 bits per heavy atom. The minimum atomic E-state index is -4.73. The molecule has 1 fully saturated rings. The predicted molar refractivity (Wildman–Crippen MR) is 141 cm³/mol. The Morgan fingerprint density at radius 1 is 0.810 bits per heavy atom. The molecular weight excluding hydrogens is 575 g/mol. The second kappa shape index (κ2) is 15.4. The summed E-state index contributed by atoms with van der Waals surface area (Å²) < 4.78 is 131. The molecule has 1 aliphatic carbocycles. The third-order valence-corrected chi connectivity index (χ3v) is 7.40. The van der Waals surface area contributed by atoms with Crippen LogP contribution >= 0.6 is 0 Å². The highest BCUT2D eigenvalue weighted by Crippen LogP contribution is 2.38. The minimum absolute atomic E-state index is 0.00546. The summed E-state index contributed by atoms with van der Waals surface area (Å²) in [6.45, 7) is 2.19. The standard InChI is InChI=1S/C31H33F9O2/c1-2-3-4-5-8-19-11-13-20(14-12-19)9-6-7-10-21-15-23(32)27(24(33)16-21)31(39,40)42-22-17-25(34)28(26(35)18-22)41-30(38)29(36)37/h7,10,15-20H,2-6,8-9,11-14H2,1H3. The summed E-state index contributed by atoms with van der Waals surface area (Å²) in [5.41, 5.74) is -1.81. The minimum Gasteiger partial charge on any atom is -0.429 e. The van der Waals surface area contributed by atoms with Crippen LogP contribution in [0.2, 0.25) is 0 Å². The molecule has 0 amide bonds. The molecule has 0 bridgehead atoms. The molecule has 11 heteroatoms. The Morgan fingerprint density at radius 2 is 1.38 bits per heavy atom. The first-order valence-corrected chi connectivity index (χ1v) is 14.0. The molecule has 3 rings (SSSR count). The maximum atomic E-state index is 14.7. The molecule has 0 aromatic heterocycles. The van der Waals surface area contributed by atoms with Crippen LogP contribution in [0.3, 0.4) is 0 Å². The number of halogens is 9. The first-order valence-electron chi connectivity index (χ1n) is 14.0. The van der Waals surface area contributed by atoms with E-state index in [4.69, 9.17) is 0 Å². The first kappa shape index (κ1) is 33.4. The van der Waals surface area contributed by atoms with Gasteiger partial charge in [-0.05, 0) is 42.4 Å². The van der Waals surface area contributed by atoms with Gasteiger partial charge in [-0.15, -0.1) is 0 Å². The summed E-state index contributed by atoms with van der Waals surface area (Å²) in [5.74, 6) is -8.65. The Balaban J connectivity index is 1.58. The van der Waals surface area contributed by atoms with Crippen LogP contribution in [-0.4, -0.2) is 0 Å². The lowest BCUT2D eigenvalue weighted by molar-refractivity contribution is -0.189. The van der Waals surface area contributed by atoms with Gasteiger partial charge >= 0.3 is 18.2 Å². The zero-order chi connectivity index (χ0) is 30.9. The predicted octanol–water partition coefficient (Wildman–Crippen LogP) is 11.4. The molecule has 42 heavy (non-hydrogen) atoms. The molecule has 2 aromatic rings. The van der Waals surface area contributed by atoms with Crippen molar-refractivity contribution in [2.75, 3.05) is 0 Å². The van der Waals surface area contributed by atoms with Crippen LogP contribution in [0.1, 0.15) is 88.7 Å². The molecule has 0 radical (unpaired) electrons. The van der Waals surface area contributed by atoms with Crippen LogP contribution in [0.5, 0.6) is 11.5 Å². The van der Waals surface area contributed by atoms with Gasteiger partial charge in [0, 0.05) is 12.1 Å². The Bertz CT molecular complexity index is 1200. The van der Waals surface area contributed by atoms with Crippen LogP contribution < -0.4 is 9.47 Å². The average Bonchev–Trinajstić information content (AvgIpc) is 2.91. The van der Waals surface area contributed by atoms with Crippen molar-refractivity contribution in [2.24, 2.45) is 11.8 Å². The molecule has 0 heterocycles. The van der Waals surface area contributed by atoms with Crippen molar-refractivity contribution in [3.8, 4) is 11.5 Å². The molecule has 232 valence electrons. The summed E-state index contributed by atoms with van der Waals surface area (Å²) in [4.78, 5) is 0. The second-order valence-electron chi connectivity index (χ2n) is 10.5. The molecule has 0 saturated heterocycles. The quantitative estimate of drug-likeness (QED) is 0.121. The van der Waals surface area contributed by atoms with E-state index in [1.54, 1.807) is 6.08 Å². The highest BCUT2D eigenvalue weighted by molar-refractivity contribution is 5.51. The van der Waals surface area contributed by atoms with Crippen LogP contribution in [-0.2, 0) is 6.11 Å². The van der Waals surface area contributed by atoms with Crippen molar-refractivity contribution < 1.29 is 49.0 Å². The average molecular weight is 609 g/mol. The largest absolute Gasteiger partial charge is 0.432 e. The van der Waals surface area contributed by atoms with E-state index in [-0.39, 0.29) is 17.7 Å². The zero-order valence-corrected chi connectivity index (χ0v) is 23.1. The van der Waals surface area contributed by atoms with Crippen LogP contribution in [0.25, 0.3) is 6.08 Å². The van der Waals surface area contributed by atoms with Gasteiger partial charge in [-0.25, -0.2) is 17.6 Å². The van der Waals surface area contributed by atoms with E-state index in [2.05, 4.69) is 16.4 Å². The second-order valence-corrected chi connectivity index (χ2v) is 10.5. The number of rotatable bonds is 14. The molecule has 0 spiro atoms. The van der Waals surface area contributed by atoms with Crippen LogP contribution in [0.15, 0.2) is 42.4 Å². The number of unbranched alkanes of at least 4 members (excludes halogenated alkanes) is 3. The number of allylic oxidation sites excluding steroid dienone is 1. The van der Waals surface area contributed by atoms with Gasteiger partial charge < -0.3 is 9.47 Å². The van der Waals surface area contributed by atoms with Crippen molar-refractivity contribution >= 4 is 6.08 Å². The fraction of sp³-hybridized carbons (Fsp3) is 0.484. The molecule has 0 N–H and O–H groups in total. The lowest BCUT2D eigenvalue weighted by Crippen LogP contribution is -2.25. The molecule has 0 unspecified atom stereocenters. The number of ether oxygens (including phenoxy) is 2. The summed E-state index contributed by atoms with van der Waals surface area (Å²) in [7, 11) is 0.